The molecule has 0 saturated heterocycles. The number of furan rings is 1. The molecular formula is C39H24N4O. The highest BCUT2D eigenvalue weighted by molar-refractivity contribution is 6.17. The van der Waals surface area contributed by atoms with Crippen LogP contribution in [0.25, 0.3) is 83.6 Å². The van der Waals surface area contributed by atoms with Gasteiger partial charge in [0, 0.05) is 32.7 Å². The third-order valence-electron chi connectivity index (χ3n) is 7.43. The van der Waals surface area contributed by atoms with Crippen LogP contribution < -0.4 is 0 Å². The highest BCUT2D eigenvalue weighted by Gasteiger charge is 2.21. The summed E-state index contributed by atoms with van der Waals surface area (Å²) in [5, 5.41) is 0.817. The van der Waals surface area contributed by atoms with Gasteiger partial charge >= 0.3 is 0 Å². The van der Waals surface area contributed by atoms with Crippen LogP contribution in [0.15, 0.2) is 150 Å². The van der Waals surface area contributed by atoms with Gasteiger partial charge in [-0.15, -0.1) is 0 Å². The van der Waals surface area contributed by atoms with Gasteiger partial charge in [-0.2, -0.15) is 9.97 Å². The van der Waals surface area contributed by atoms with Gasteiger partial charge in [-0.25, -0.2) is 4.98 Å². The number of benzene rings is 6. The molecule has 0 aliphatic carbocycles. The van der Waals surface area contributed by atoms with Crippen LogP contribution in [0.4, 0.5) is 0 Å². The monoisotopic (exact) mass is 577 g/mol. The highest BCUT2D eigenvalue weighted by atomic mass is 16.3. The molecule has 3 heterocycles. The highest BCUT2D eigenvalue weighted by Crippen LogP contribution is 2.41. The lowest BCUT2D eigenvalue weighted by Gasteiger charge is -2.11. The SMILES string of the molecule is [2H]c1c([2H])c([2H])c(-c2nc(-c3cccc4oc5cccc(-c6ccccc6)c5c34)nc(-n3c4c([2H])c([2H])c([2H])c([2H])c4c4c([2H])c([2H])c([2H])c([2H])c43)n2)c([2H])c1[2H]. The van der Waals surface area contributed by atoms with E-state index < -0.39 is 95.9 Å². The van der Waals surface area contributed by atoms with Crippen molar-refractivity contribution in [2.45, 2.75) is 0 Å². The predicted octanol–water partition coefficient (Wildman–Crippen LogP) is 9.87. The maximum Gasteiger partial charge on any atom is 0.238 e. The van der Waals surface area contributed by atoms with Gasteiger partial charge in [0.1, 0.15) is 11.2 Å². The summed E-state index contributed by atoms with van der Waals surface area (Å²) >= 11 is 0. The van der Waals surface area contributed by atoms with Gasteiger partial charge in [0.2, 0.25) is 5.95 Å². The summed E-state index contributed by atoms with van der Waals surface area (Å²) in [6.45, 7) is 0. The molecule has 0 amide bonds. The Kier molecular flexibility index (Phi) is 3.30. The molecule has 9 rings (SSSR count). The van der Waals surface area contributed by atoms with Crippen LogP contribution in [-0.2, 0) is 0 Å². The quantitative estimate of drug-likeness (QED) is 0.209. The second kappa shape index (κ2) is 9.75. The van der Waals surface area contributed by atoms with E-state index in [9.17, 15) is 0 Å². The van der Waals surface area contributed by atoms with Crippen molar-refractivity contribution in [1.29, 1.82) is 0 Å². The number of hydrogen-bond acceptors (Lipinski definition) is 4. The third kappa shape index (κ3) is 3.76. The van der Waals surface area contributed by atoms with Crippen molar-refractivity contribution in [1.82, 2.24) is 19.5 Å². The zero-order valence-electron chi connectivity index (χ0n) is 35.5. The smallest absolute Gasteiger partial charge is 0.238 e. The van der Waals surface area contributed by atoms with Crippen LogP contribution in [0.2, 0.25) is 0 Å². The number of rotatable bonds is 4. The Balaban J connectivity index is 1.49. The van der Waals surface area contributed by atoms with Gasteiger partial charge in [-0.05, 0) is 35.3 Å². The number of fused-ring (bicyclic) bond motifs is 6. The average molecular weight is 578 g/mol. The van der Waals surface area contributed by atoms with E-state index in [0.29, 0.717) is 27.5 Å². The lowest BCUT2D eigenvalue weighted by Crippen LogP contribution is -2.06. The number of hydrogen-bond donors (Lipinski definition) is 0. The minimum Gasteiger partial charge on any atom is -0.456 e. The summed E-state index contributed by atoms with van der Waals surface area (Å²) in [6, 6.07) is 12.2. The van der Waals surface area contributed by atoms with E-state index in [1.165, 1.54) is 0 Å². The Morgan fingerprint density at radius 3 is 1.80 bits per heavy atom. The average Bonchev–Trinajstić information content (AvgIpc) is 3.79. The molecule has 0 aliphatic heterocycles. The van der Waals surface area contributed by atoms with Gasteiger partial charge < -0.3 is 4.42 Å². The fourth-order valence-electron chi connectivity index (χ4n) is 5.59. The Hall–Kier alpha value is -6.07. The van der Waals surface area contributed by atoms with Crippen molar-refractivity contribution in [2.24, 2.45) is 0 Å². The molecule has 0 aliphatic rings. The Labute approximate surface area is 271 Å². The van der Waals surface area contributed by atoms with Crippen molar-refractivity contribution in [3.05, 3.63) is 145 Å². The summed E-state index contributed by atoms with van der Waals surface area (Å²) in [5.41, 5.74) is 2.09. The lowest BCUT2D eigenvalue weighted by atomic mass is 9.97. The largest absolute Gasteiger partial charge is 0.456 e. The molecule has 5 heteroatoms. The summed E-state index contributed by atoms with van der Waals surface area (Å²) in [6.07, 6.45) is 0. The first-order chi connectivity index (χ1) is 27.2. The zero-order valence-corrected chi connectivity index (χ0v) is 22.5. The molecular weight excluding hydrogens is 540 g/mol. The Morgan fingerprint density at radius 1 is 0.500 bits per heavy atom. The molecule has 5 nitrogen and oxygen atoms in total. The second-order valence-electron chi connectivity index (χ2n) is 9.89. The number of aromatic nitrogens is 4. The predicted molar refractivity (Wildman–Crippen MR) is 178 cm³/mol. The van der Waals surface area contributed by atoms with E-state index >= 15 is 0 Å². The number of nitrogens with zero attached hydrogens (tertiary/aromatic N) is 4. The van der Waals surface area contributed by atoms with E-state index in [0.717, 1.165) is 15.7 Å². The fraction of sp³-hybridized carbons (Fsp3) is 0. The minimum atomic E-state index is -0.662. The molecule has 0 atom stereocenters. The standard InChI is InChI=1S/C39H24N4O/c1-3-13-25(14-4-1)27-19-11-23-33-35(27)36-30(20-12-24-34(36)44-33)38-40-37(26-15-5-2-6-16-26)41-39(42-38)43-31-21-9-7-17-28(31)29-18-8-10-22-32(29)43/h1-24H/i2D,5D,6D,7D,8D,9D,10D,15D,16D,17D,18D,21D,22D. The zero-order chi connectivity index (χ0) is 40.3. The molecule has 206 valence electrons. The van der Waals surface area contributed by atoms with Crippen molar-refractivity contribution in [3.8, 4) is 39.9 Å². The van der Waals surface area contributed by atoms with E-state index in [4.69, 9.17) is 32.2 Å². The van der Waals surface area contributed by atoms with Gasteiger partial charge in [-0.1, -0.05) is 121 Å². The molecule has 0 saturated carbocycles. The van der Waals surface area contributed by atoms with Crippen LogP contribution in [0.1, 0.15) is 17.8 Å². The van der Waals surface area contributed by atoms with Crippen molar-refractivity contribution >= 4 is 43.7 Å². The normalized spacial score (nSPS) is 15.8. The first-order valence-electron chi connectivity index (χ1n) is 20.1. The molecule has 0 unspecified atom stereocenters. The van der Waals surface area contributed by atoms with Crippen LogP contribution in [0.3, 0.4) is 0 Å². The fourth-order valence-corrected chi connectivity index (χ4v) is 5.59. The molecule has 0 fully saturated rings. The summed E-state index contributed by atoms with van der Waals surface area (Å²) in [7, 11) is 0. The van der Waals surface area contributed by atoms with Crippen LogP contribution >= 0.6 is 0 Å². The van der Waals surface area contributed by atoms with E-state index in [-0.39, 0.29) is 27.6 Å². The molecule has 44 heavy (non-hydrogen) atoms. The summed E-state index contributed by atoms with van der Waals surface area (Å²) in [4.78, 5) is 14.1. The first kappa shape index (κ1) is 14.9. The molecule has 0 spiro atoms. The third-order valence-corrected chi connectivity index (χ3v) is 7.43. The van der Waals surface area contributed by atoms with Crippen molar-refractivity contribution in [3.63, 3.8) is 0 Å². The number of para-hydroxylation sites is 2. The van der Waals surface area contributed by atoms with Gasteiger partial charge in [0.15, 0.2) is 11.6 Å². The van der Waals surface area contributed by atoms with Gasteiger partial charge in [-0.3, -0.25) is 4.57 Å². The molecule has 6 aromatic carbocycles. The van der Waals surface area contributed by atoms with E-state index in [1.54, 1.807) is 24.3 Å². The topological polar surface area (TPSA) is 56.7 Å². The maximum absolute atomic E-state index is 9.02. The molecule has 0 bridgehead atoms. The minimum absolute atomic E-state index is 0.102. The lowest BCUT2D eigenvalue weighted by molar-refractivity contribution is 0.669. The maximum atomic E-state index is 9.02. The first-order valence-corrected chi connectivity index (χ1v) is 13.6. The van der Waals surface area contributed by atoms with E-state index in [1.807, 2.05) is 42.5 Å². The second-order valence-corrected chi connectivity index (χ2v) is 9.89. The van der Waals surface area contributed by atoms with Crippen LogP contribution in [0.5, 0.6) is 0 Å². The molecule has 3 aromatic heterocycles. The molecule has 0 radical (unpaired) electrons. The van der Waals surface area contributed by atoms with Crippen molar-refractivity contribution < 1.29 is 22.2 Å². The van der Waals surface area contributed by atoms with Crippen molar-refractivity contribution in [2.75, 3.05) is 0 Å². The summed E-state index contributed by atoms with van der Waals surface area (Å²) in [5.74, 6) is -0.920. The van der Waals surface area contributed by atoms with Gasteiger partial charge in [0.05, 0.1) is 28.9 Å². The Morgan fingerprint density at radius 2 is 1.09 bits per heavy atom. The molecule has 9 aromatic rings. The van der Waals surface area contributed by atoms with Crippen LogP contribution in [-0.4, -0.2) is 19.5 Å². The Bertz CT molecular complexity index is 3130. The summed E-state index contributed by atoms with van der Waals surface area (Å²) < 4.78 is 120. The van der Waals surface area contributed by atoms with Crippen LogP contribution in [0, 0.1) is 0 Å². The molecule has 0 N–H and O–H groups in total. The van der Waals surface area contributed by atoms with E-state index in [2.05, 4.69) is 4.98 Å². The van der Waals surface area contributed by atoms with Gasteiger partial charge in [0.25, 0.3) is 0 Å².